The number of rotatable bonds is 4. The van der Waals surface area contributed by atoms with Gasteiger partial charge in [0.05, 0.1) is 0 Å². The van der Waals surface area contributed by atoms with Crippen molar-refractivity contribution in [3.63, 3.8) is 0 Å². The molecule has 1 atom stereocenters. The second-order valence-corrected chi connectivity index (χ2v) is 4.84. The predicted molar refractivity (Wildman–Crippen MR) is 66.6 cm³/mol. The molecule has 1 unspecified atom stereocenters. The van der Waals surface area contributed by atoms with E-state index in [1.165, 1.54) is 32.4 Å². The summed E-state index contributed by atoms with van der Waals surface area (Å²) in [4.78, 5) is 2.50. The van der Waals surface area contributed by atoms with Gasteiger partial charge in [0.25, 0.3) is 0 Å². The lowest BCUT2D eigenvalue weighted by Crippen LogP contribution is -2.43. The number of hydrogen-bond donors (Lipinski definition) is 1. The number of nitrogens with one attached hydrogen (secondary N) is 1. The molecule has 3 nitrogen and oxygen atoms in total. The van der Waals surface area contributed by atoms with E-state index >= 15 is 0 Å². The lowest BCUT2D eigenvalue weighted by Gasteiger charge is -2.26. The van der Waals surface area contributed by atoms with E-state index in [1.54, 1.807) is 0 Å². The average Bonchev–Trinajstić information content (AvgIpc) is 2.37. The van der Waals surface area contributed by atoms with E-state index in [-0.39, 0.29) is 0 Å². The normalized spacial score (nSPS) is 28.6. The van der Waals surface area contributed by atoms with Gasteiger partial charge in [-0.25, -0.2) is 0 Å². The maximum Gasteiger partial charge on any atom is 0.0497 e. The Labute approximate surface area is 98.8 Å². The van der Waals surface area contributed by atoms with Crippen LogP contribution in [-0.2, 0) is 4.74 Å². The first-order valence-electron chi connectivity index (χ1n) is 6.61. The Bertz CT molecular complexity index is 184. The van der Waals surface area contributed by atoms with Gasteiger partial charge in [-0.2, -0.15) is 0 Å². The SMILES string of the molecule is C(=C/CN1CCNCC1)/CC1CCCOC1. The second kappa shape index (κ2) is 7.05. The molecular weight excluding hydrogens is 200 g/mol. The van der Waals surface area contributed by atoms with E-state index in [1.807, 2.05) is 0 Å². The molecule has 0 aromatic rings. The smallest absolute Gasteiger partial charge is 0.0497 e. The molecule has 0 aromatic carbocycles. The summed E-state index contributed by atoms with van der Waals surface area (Å²) in [6, 6.07) is 0. The van der Waals surface area contributed by atoms with Crippen LogP contribution in [0, 0.1) is 5.92 Å². The van der Waals surface area contributed by atoms with Gasteiger partial charge in [-0.15, -0.1) is 0 Å². The van der Waals surface area contributed by atoms with Crippen LogP contribution in [0.4, 0.5) is 0 Å². The maximum absolute atomic E-state index is 5.48. The van der Waals surface area contributed by atoms with Crippen LogP contribution in [0.2, 0.25) is 0 Å². The number of allylic oxidation sites excluding steroid dienone is 1. The Kier molecular flexibility index (Phi) is 5.32. The summed E-state index contributed by atoms with van der Waals surface area (Å²) in [6.07, 6.45) is 8.47. The van der Waals surface area contributed by atoms with Crippen molar-refractivity contribution in [3.8, 4) is 0 Å². The molecule has 3 heteroatoms. The third kappa shape index (κ3) is 4.24. The highest BCUT2D eigenvalue weighted by Gasteiger charge is 2.12. The first-order valence-corrected chi connectivity index (χ1v) is 6.61. The maximum atomic E-state index is 5.48. The zero-order chi connectivity index (χ0) is 11.1. The van der Waals surface area contributed by atoms with E-state index in [4.69, 9.17) is 4.74 Å². The Morgan fingerprint density at radius 1 is 1.25 bits per heavy atom. The molecule has 16 heavy (non-hydrogen) atoms. The molecule has 0 spiro atoms. The van der Waals surface area contributed by atoms with Crippen LogP contribution in [0.15, 0.2) is 12.2 Å². The van der Waals surface area contributed by atoms with Crippen LogP contribution < -0.4 is 5.32 Å². The van der Waals surface area contributed by atoms with Crippen LogP contribution >= 0.6 is 0 Å². The molecule has 2 heterocycles. The Balaban J connectivity index is 1.57. The fourth-order valence-corrected chi connectivity index (χ4v) is 2.40. The highest BCUT2D eigenvalue weighted by molar-refractivity contribution is 4.88. The molecule has 0 radical (unpaired) electrons. The fraction of sp³-hybridized carbons (Fsp3) is 0.846. The molecule has 1 N–H and O–H groups in total. The van der Waals surface area contributed by atoms with Crippen molar-refractivity contribution >= 4 is 0 Å². The minimum absolute atomic E-state index is 0.771. The third-order valence-corrected chi connectivity index (χ3v) is 3.46. The van der Waals surface area contributed by atoms with Crippen LogP contribution in [0.5, 0.6) is 0 Å². The molecule has 0 amide bonds. The van der Waals surface area contributed by atoms with Crippen molar-refractivity contribution in [2.24, 2.45) is 5.92 Å². The van der Waals surface area contributed by atoms with E-state index in [2.05, 4.69) is 22.4 Å². The Morgan fingerprint density at radius 3 is 2.88 bits per heavy atom. The first kappa shape index (κ1) is 12.1. The minimum atomic E-state index is 0.771. The van der Waals surface area contributed by atoms with Crippen molar-refractivity contribution < 1.29 is 4.74 Å². The number of hydrogen-bond acceptors (Lipinski definition) is 3. The lowest BCUT2D eigenvalue weighted by atomic mass is 9.98. The standard InChI is InChI=1S/C13H24N2O/c1(4-13-5-3-11-16-12-13)2-8-15-9-6-14-7-10-15/h1-2,13-14H,3-12H2/b2-1-. The van der Waals surface area contributed by atoms with Gasteiger partial charge >= 0.3 is 0 Å². The summed E-state index contributed by atoms with van der Waals surface area (Å²) in [5.41, 5.74) is 0. The highest BCUT2D eigenvalue weighted by Crippen LogP contribution is 2.17. The highest BCUT2D eigenvalue weighted by atomic mass is 16.5. The van der Waals surface area contributed by atoms with Crippen molar-refractivity contribution in [1.82, 2.24) is 10.2 Å². The monoisotopic (exact) mass is 224 g/mol. The first-order chi connectivity index (χ1) is 7.95. The number of piperazine rings is 1. The van der Waals surface area contributed by atoms with Crippen LogP contribution in [-0.4, -0.2) is 50.8 Å². The van der Waals surface area contributed by atoms with Crippen LogP contribution in [0.25, 0.3) is 0 Å². The average molecular weight is 224 g/mol. The molecule has 0 aromatic heterocycles. The van der Waals surface area contributed by atoms with Gasteiger partial charge < -0.3 is 10.1 Å². The zero-order valence-corrected chi connectivity index (χ0v) is 10.2. The quantitative estimate of drug-likeness (QED) is 0.728. The van der Waals surface area contributed by atoms with Gasteiger partial charge in [-0.1, -0.05) is 12.2 Å². The van der Waals surface area contributed by atoms with Gasteiger partial charge in [-0.3, -0.25) is 4.90 Å². The van der Waals surface area contributed by atoms with Crippen molar-refractivity contribution in [2.45, 2.75) is 19.3 Å². The van der Waals surface area contributed by atoms with Gasteiger partial charge in [0.1, 0.15) is 0 Å². The van der Waals surface area contributed by atoms with Gasteiger partial charge in [-0.05, 0) is 25.2 Å². The van der Waals surface area contributed by atoms with Crippen LogP contribution in [0.1, 0.15) is 19.3 Å². The van der Waals surface area contributed by atoms with E-state index < -0.39 is 0 Å². The van der Waals surface area contributed by atoms with Crippen molar-refractivity contribution in [3.05, 3.63) is 12.2 Å². The summed E-state index contributed by atoms with van der Waals surface area (Å²) in [5.74, 6) is 0.771. The zero-order valence-electron chi connectivity index (χ0n) is 10.2. The summed E-state index contributed by atoms with van der Waals surface area (Å²) in [6.45, 7) is 7.73. The molecule has 92 valence electrons. The molecule has 2 aliphatic heterocycles. The molecule has 2 saturated heterocycles. The fourth-order valence-electron chi connectivity index (χ4n) is 2.40. The van der Waals surface area contributed by atoms with E-state index in [9.17, 15) is 0 Å². The summed E-state index contributed by atoms with van der Waals surface area (Å²) in [7, 11) is 0. The molecule has 2 rings (SSSR count). The third-order valence-electron chi connectivity index (χ3n) is 3.46. The number of ether oxygens (including phenoxy) is 1. The summed E-state index contributed by atoms with van der Waals surface area (Å²) in [5, 5.41) is 3.37. The predicted octanol–water partition coefficient (Wildman–Crippen LogP) is 1.26. The van der Waals surface area contributed by atoms with Crippen molar-refractivity contribution in [2.75, 3.05) is 45.9 Å². The van der Waals surface area contributed by atoms with E-state index in [0.717, 1.165) is 38.8 Å². The second-order valence-electron chi connectivity index (χ2n) is 4.84. The topological polar surface area (TPSA) is 24.5 Å². The lowest BCUT2D eigenvalue weighted by molar-refractivity contribution is 0.0559. The molecule has 0 saturated carbocycles. The minimum Gasteiger partial charge on any atom is -0.381 e. The Morgan fingerprint density at radius 2 is 2.12 bits per heavy atom. The van der Waals surface area contributed by atoms with Gasteiger partial charge in [0.2, 0.25) is 0 Å². The molecular formula is C13H24N2O. The molecule has 0 aliphatic carbocycles. The van der Waals surface area contributed by atoms with Gasteiger partial charge in [0.15, 0.2) is 0 Å². The Hall–Kier alpha value is -0.380. The number of nitrogens with zero attached hydrogens (tertiary/aromatic N) is 1. The molecule has 2 fully saturated rings. The van der Waals surface area contributed by atoms with E-state index in [0.29, 0.717) is 0 Å². The molecule has 2 aliphatic rings. The van der Waals surface area contributed by atoms with Crippen molar-refractivity contribution in [1.29, 1.82) is 0 Å². The van der Waals surface area contributed by atoms with Crippen LogP contribution in [0.3, 0.4) is 0 Å². The largest absolute Gasteiger partial charge is 0.381 e. The summed E-state index contributed by atoms with van der Waals surface area (Å²) < 4.78 is 5.48. The molecule has 0 bridgehead atoms. The van der Waals surface area contributed by atoms with Gasteiger partial charge in [0, 0.05) is 45.9 Å². The summed E-state index contributed by atoms with van der Waals surface area (Å²) >= 11 is 0.